The van der Waals surface area contributed by atoms with E-state index in [1.807, 2.05) is 62.3 Å². The van der Waals surface area contributed by atoms with Crippen molar-refractivity contribution in [1.29, 1.82) is 0 Å². The molecular weight excluding hydrogens is 446 g/mol. The number of amides is 2. The van der Waals surface area contributed by atoms with Gasteiger partial charge in [0.15, 0.2) is 0 Å². The Morgan fingerprint density at radius 1 is 0.971 bits per heavy atom. The van der Waals surface area contributed by atoms with E-state index in [0.29, 0.717) is 19.6 Å². The quantitative estimate of drug-likeness (QED) is 0.481. The van der Waals surface area contributed by atoms with E-state index in [4.69, 9.17) is 9.84 Å². The fourth-order valence-corrected chi connectivity index (χ4v) is 4.45. The number of hydrogen-bond donors (Lipinski definition) is 2. The minimum Gasteiger partial charge on any atom is -0.481 e. The van der Waals surface area contributed by atoms with Crippen molar-refractivity contribution < 1.29 is 24.2 Å². The lowest BCUT2D eigenvalue weighted by Gasteiger charge is -2.28. The van der Waals surface area contributed by atoms with Crippen LogP contribution in [0.3, 0.4) is 0 Å². The largest absolute Gasteiger partial charge is 0.481 e. The summed E-state index contributed by atoms with van der Waals surface area (Å²) in [7, 11) is 3.84. The smallest absolute Gasteiger partial charge is 0.407 e. The number of carboxylic acids is 1. The third-order valence-corrected chi connectivity index (χ3v) is 6.20. The number of nitrogens with zero attached hydrogens (tertiary/aromatic N) is 2. The topological polar surface area (TPSA) is 99.2 Å². The first-order chi connectivity index (χ1) is 16.8. The van der Waals surface area contributed by atoms with Gasteiger partial charge >= 0.3 is 12.1 Å². The molecule has 1 aliphatic carbocycles. The zero-order valence-electron chi connectivity index (χ0n) is 20.7. The monoisotopic (exact) mass is 481 g/mol. The molecule has 0 radical (unpaired) electrons. The first-order valence-corrected chi connectivity index (χ1v) is 12.1. The molecule has 0 bridgehead atoms. The van der Waals surface area contributed by atoms with Gasteiger partial charge in [0, 0.05) is 32.0 Å². The van der Waals surface area contributed by atoms with Crippen LogP contribution in [-0.4, -0.2) is 79.3 Å². The lowest BCUT2D eigenvalue weighted by Crippen LogP contribution is -2.50. The van der Waals surface area contributed by atoms with E-state index in [1.54, 1.807) is 4.90 Å². The molecule has 0 aromatic heterocycles. The van der Waals surface area contributed by atoms with Crippen molar-refractivity contribution in [2.45, 2.75) is 38.1 Å². The molecule has 0 fully saturated rings. The second kappa shape index (κ2) is 12.4. The van der Waals surface area contributed by atoms with Gasteiger partial charge in [0.25, 0.3) is 0 Å². The SMILES string of the molecule is CCCN(CCN(C)C)C(=O)C(CCC(=O)O)NC(=O)OCC1c2ccccc2-c2ccccc21. The molecule has 1 unspecified atom stereocenters. The fraction of sp³-hybridized carbons (Fsp3) is 0.444. The average Bonchev–Trinajstić information content (AvgIpc) is 3.16. The number of likely N-dealkylation sites (N-methyl/N-ethyl adjacent to an activating group) is 1. The molecule has 2 N–H and O–H groups in total. The zero-order chi connectivity index (χ0) is 25.4. The van der Waals surface area contributed by atoms with E-state index in [1.165, 1.54) is 0 Å². The normalized spacial score (nSPS) is 13.1. The van der Waals surface area contributed by atoms with Crippen molar-refractivity contribution in [3.63, 3.8) is 0 Å². The molecule has 2 aromatic rings. The summed E-state index contributed by atoms with van der Waals surface area (Å²) < 4.78 is 5.59. The van der Waals surface area contributed by atoms with Gasteiger partial charge in [-0.3, -0.25) is 9.59 Å². The Hall–Kier alpha value is -3.39. The van der Waals surface area contributed by atoms with Crippen LogP contribution in [0.1, 0.15) is 43.2 Å². The number of hydrogen-bond acceptors (Lipinski definition) is 5. The van der Waals surface area contributed by atoms with Crippen LogP contribution in [0.25, 0.3) is 11.1 Å². The molecule has 1 atom stereocenters. The fourth-order valence-electron chi connectivity index (χ4n) is 4.45. The predicted molar refractivity (Wildman–Crippen MR) is 134 cm³/mol. The summed E-state index contributed by atoms with van der Waals surface area (Å²) in [5.74, 6) is -1.41. The van der Waals surface area contributed by atoms with Crippen molar-refractivity contribution in [3.05, 3.63) is 59.7 Å². The number of nitrogens with one attached hydrogen (secondary N) is 1. The van der Waals surface area contributed by atoms with Gasteiger partial charge in [-0.2, -0.15) is 0 Å². The standard InChI is InChI=1S/C27H35N3O5/c1-4-15-30(17-16-29(2)3)26(33)24(13-14-25(31)32)28-27(34)35-18-23-21-11-7-5-9-19(21)20-10-6-8-12-22(20)23/h5-12,23-24H,4,13-18H2,1-3H3,(H,28,34)(H,31,32). The minimum atomic E-state index is -1.02. The van der Waals surface area contributed by atoms with Crippen LogP contribution in [0, 0.1) is 0 Å². The number of alkyl carbamates (subject to hydrolysis) is 1. The lowest BCUT2D eigenvalue weighted by atomic mass is 9.98. The van der Waals surface area contributed by atoms with Gasteiger partial charge in [-0.15, -0.1) is 0 Å². The minimum absolute atomic E-state index is 0.000536. The van der Waals surface area contributed by atoms with E-state index >= 15 is 0 Å². The second-order valence-electron chi connectivity index (χ2n) is 9.08. The molecule has 0 saturated carbocycles. The van der Waals surface area contributed by atoms with Crippen molar-refractivity contribution in [1.82, 2.24) is 15.1 Å². The number of rotatable bonds is 12. The van der Waals surface area contributed by atoms with Crippen molar-refractivity contribution in [3.8, 4) is 11.1 Å². The molecule has 0 spiro atoms. The summed E-state index contributed by atoms with van der Waals surface area (Å²) in [6.45, 7) is 3.79. The number of carbonyl (C=O) groups excluding carboxylic acids is 2. The first-order valence-electron chi connectivity index (χ1n) is 12.1. The van der Waals surface area contributed by atoms with E-state index < -0.39 is 18.1 Å². The van der Waals surface area contributed by atoms with E-state index in [2.05, 4.69) is 17.4 Å². The van der Waals surface area contributed by atoms with E-state index in [0.717, 1.165) is 28.7 Å². The van der Waals surface area contributed by atoms with Gasteiger partial charge in [0.1, 0.15) is 12.6 Å². The molecule has 8 nitrogen and oxygen atoms in total. The predicted octanol–water partition coefficient (Wildman–Crippen LogP) is 3.56. The first kappa shape index (κ1) is 26.2. The molecule has 0 saturated heterocycles. The molecule has 1 aliphatic rings. The van der Waals surface area contributed by atoms with E-state index in [9.17, 15) is 14.4 Å². The Bertz CT molecular complexity index is 993. The van der Waals surface area contributed by atoms with Gasteiger partial charge in [-0.25, -0.2) is 4.79 Å². The molecule has 35 heavy (non-hydrogen) atoms. The maximum Gasteiger partial charge on any atom is 0.407 e. The summed E-state index contributed by atoms with van der Waals surface area (Å²) in [6.07, 6.45) is -0.191. The Labute approximate surface area is 206 Å². The highest BCUT2D eigenvalue weighted by atomic mass is 16.5. The third kappa shape index (κ3) is 6.82. The molecule has 0 aliphatic heterocycles. The Kier molecular flexibility index (Phi) is 9.25. The van der Waals surface area contributed by atoms with Crippen LogP contribution >= 0.6 is 0 Å². The van der Waals surface area contributed by atoms with Crippen LogP contribution in [0.5, 0.6) is 0 Å². The highest BCUT2D eigenvalue weighted by Crippen LogP contribution is 2.44. The molecule has 3 rings (SSSR count). The number of benzene rings is 2. The summed E-state index contributed by atoms with van der Waals surface area (Å²) in [6, 6.07) is 15.1. The molecular formula is C27H35N3O5. The van der Waals surface area contributed by atoms with Crippen LogP contribution in [0.15, 0.2) is 48.5 Å². The molecule has 8 heteroatoms. The molecule has 2 amide bonds. The van der Waals surface area contributed by atoms with Crippen LogP contribution in [0.4, 0.5) is 4.79 Å². The second-order valence-corrected chi connectivity index (χ2v) is 9.08. The van der Waals surface area contributed by atoms with Gasteiger partial charge in [0.05, 0.1) is 0 Å². The maximum absolute atomic E-state index is 13.2. The van der Waals surface area contributed by atoms with Crippen LogP contribution in [-0.2, 0) is 14.3 Å². The van der Waals surface area contributed by atoms with E-state index in [-0.39, 0.29) is 31.3 Å². The molecule has 2 aromatic carbocycles. The number of carbonyl (C=O) groups is 3. The average molecular weight is 482 g/mol. The third-order valence-electron chi connectivity index (χ3n) is 6.20. The van der Waals surface area contributed by atoms with Crippen LogP contribution in [0.2, 0.25) is 0 Å². The van der Waals surface area contributed by atoms with Crippen LogP contribution < -0.4 is 5.32 Å². The lowest BCUT2D eigenvalue weighted by molar-refractivity contribution is -0.138. The maximum atomic E-state index is 13.2. The number of carboxylic acid groups (broad SMARTS) is 1. The highest BCUT2D eigenvalue weighted by Gasteiger charge is 2.30. The highest BCUT2D eigenvalue weighted by molar-refractivity contribution is 5.86. The summed E-state index contributed by atoms with van der Waals surface area (Å²) in [5, 5.41) is 11.8. The van der Waals surface area contributed by atoms with Crippen molar-refractivity contribution in [2.24, 2.45) is 0 Å². The van der Waals surface area contributed by atoms with Gasteiger partial charge in [-0.05, 0) is 49.2 Å². The zero-order valence-corrected chi connectivity index (χ0v) is 20.7. The number of aliphatic carboxylic acids is 1. The number of fused-ring (bicyclic) bond motifs is 3. The Morgan fingerprint density at radius 2 is 1.57 bits per heavy atom. The van der Waals surface area contributed by atoms with Gasteiger partial charge in [-0.1, -0.05) is 55.5 Å². The van der Waals surface area contributed by atoms with Gasteiger partial charge < -0.3 is 25.0 Å². The summed E-state index contributed by atoms with van der Waals surface area (Å²) in [4.78, 5) is 40.8. The summed E-state index contributed by atoms with van der Waals surface area (Å²) >= 11 is 0. The van der Waals surface area contributed by atoms with Crippen molar-refractivity contribution >= 4 is 18.0 Å². The molecule has 0 heterocycles. The summed E-state index contributed by atoms with van der Waals surface area (Å²) in [5.41, 5.74) is 4.45. The molecule has 188 valence electrons. The van der Waals surface area contributed by atoms with Crippen molar-refractivity contribution in [2.75, 3.05) is 40.3 Å². The Balaban J connectivity index is 1.68. The Morgan fingerprint density at radius 3 is 2.11 bits per heavy atom. The number of ether oxygens (including phenoxy) is 1. The van der Waals surface area contributed by atoms with Gasteiger partial charge in [0.2, 0.25) is 5.91 Å².